The van der Waals surface area contributed by atoms with Crippen LogP contribution in [0.5, 0.6) is 11.5 Å². The third kappa shape index (κ3) is 3.75. The van der Waals surface area contributed by atoms with Gasteiger partial charge in [-0.15, -0.1) is 11.3 Å². The van der Waals surface area contributed by atoms with Gasteiger partial charge in [0, 0.05) is 20.8 Å². The van der Waals surface area contributed by atoms with Gasteiger partial charge in [0.15, 0.2) is 0 Å². The van der Waals surface area contributed by atoms with Gasteiger partial charge in [-0.2, -0.15) is 0 Å². The Morgan fingerprint density at radius 1 is 1.18 bits per heavy atom. The van der Waals surface area contributed by atoms with E-state index in [0.717, 1.165) is 16.0 Å². The van der Waals surface area contributed by atoms with Crippen LogP contribution in [-0.4, -0.2) is 6.61 Å². The van der Waals surface area contributed by atoms with E-state index in [1.54, 1.807) is 11.3 Å². The van der Waals surface area contributed by atoms with Crippen molar-refractivity contribution in [3.8, 4) is 11.5 Å². The summed E-state index contributed by atoms with van der Waals surface area (Å²) in [6.45, 7) is 3.23. The van der Waals surface area contributed by atoms with Crippen molar-refractivity contribution in [1.82, 2.24) is 0 Å². The highest BCUT2D eigenvalue weighted by molar-refractivity contribution is 9.10. The van der Waals surface area contributed by atoms with Gasteiger partial charge in [-0.05, 0) is 41.1 Å². The van der Waals surface area contributed by atoms with Gasteiger partial charge >= 0.3 is 0 Å². The van der Waals surface area contributed by atoms with Crippen LogP contribution in [0.2, 0.25) is 0 Å². The van der Waals surface area contributed by atoms with E-state index in [0.29, 0.717) is 13.2 Å². The maximum absolute atomic E-state index is 5.70. The maximum atomic E-state index is 5.70. The standard InChI is InChI=1S/C13H13BrO2S/c1-2-15-11-4-3-5-12(7-11)16-8-13-6-10(14)9-17-13/h3-7,9H,2,8H2,1H3. The topological polar surface area (TPSA) is 18.5 Å². The van der Waals surface area contributed by atoms with Crippen molar-refractivity contribution >= 4 is 27.3 Å². The Bertz CT molecular complexity index is 482. The Hall–Kier alpha value is -1.000. The molecule has 2 nitrogen and oxygen atoms in total. The van der Waals surface area contributed by atoms with Crippen molar-refractivity contribution in [2.24, 2.45) is 0 Å². The number of benzene rings is 1. The number of hydrogen-bond donors (Lipinski definition) is 0. The molecule has 1 heterocycles. The zero-order chi connectivity index (χ0) is 12.1. The third-order valence-corrected chi connectivity index (χ3v) is 3.79. The van der Waals surface area contributed by atoms with E-state index in [1.807, 2.05) is 31.2 Å². The van der Waals surface area contributed by atoms with Gasteiger partial charge in [-0.1, -0.05) is 6.07 Å². The Morgan fingerprint density at radius 3 is 2.59 bits per heavy atom. The second-order valence-corrected chi connectivity index (χ2v) is 5.34. The molecule has 0 unspecified atom stereocenters. The van der Waals surface area contributed by atoms with Crippen LogP contribution < -0.4 is 9.47 Å². The van der Waals surface area contributed by atoms with Gasteiger partial charge in [0.1, 0.15) is 18.1 Å². The summed E-state index contributed by atoms with van der Waals surface area (Å²) in [5, 5.41) is 2.05. The summed E-state index contributed by atoms with van der Waals surface area (Å²) in [5.41, 5.74) is 0. The lowest BCUT2D eigenvalue weighted by atomic mass is 10.3. The molecule has 0 amide bonds. The zero-order valence-electron chi connectivity index (χ0n) is 9.48. The minimum absolute atomic E-state index is 0.589. The molecule has 0 saturated carbocycles. The highest BCUT2D eigenvalue weighted by atomic mass is 79.9. The lowest BCUT2D eigenvalue weighted by molar-refractivity contribution is 0.302. The van der Waals surface area contributed by atoms with E-state index in [2.05, 4.69) is 27.4 Å². The van der Waals surface area contributed by atoms with Gasteiger partial charge < -0.3 is 9.47 Å². The van der Waals surface area contributed by atoms with Gasteiger partial charge in [0.25, 0.3) is 0 Å². The second kappa shape index (κ2) is 6.07. The van der Waals surface area contributed by atoms with Gasteiger partial charge in [0.05, 0.1) is 6.61 Å². The highest BCUT2D eigenvalue weighted by Gasteiger charge is 2.00. The molecule has 2 aromatic rings. The number of rotatable bonds is 5. The number of halogens is 1. The molecule has 0 N–H and O–H groups in total. The average molecular weight is 313 g/mol. The van der Waals surface area contributed by atoms with Gasteiger partial charge in [-0.25, -0.2) is 0 Å². The fourth-order valence-electron chi connectivity index (χ4n) is 1.40. The van der Waals surface area contributed by atoms with Crippen LogP contribution in [0.25, 0.3) is 0 Å². The molecule has 0 saturated heterocycles. The molecule has 2 rings (SSSR count). The Morgan fingerprint density at radius 2 is 1.94 bits per heavy atom. The summed E-state index contributed by atoms with van der Waals surface area (Å²) < 4.78 is 12.2. The Labute approximate surface area is 113 Å². The molecule has 17 heavy (non-hydrogen) atoms. The van der Waals surface area contributed by atoms with E-state index in [1.165, 1.54) is 4.88 Å². The summed E-state index contributed by atoms with van der Waals surface area (Å²) in [6, 6.07) is 9.77. The zero-order valence-corrected chi connectivity index (χ0v) is 11.9. The molecule has 0 bridgehead atoms. The van der Waals surface area contributed by atoms with Crippen molar-refractivity contribution in [2.45, 2.75) is 13.5 Å². The van der Waals surface area contributed by atoms with Crippen molar-refractivity contribution < 1.29 is 9.47 Å². The van der Waals surface area contributed by atoms with E-state index >= 15 is 0 Å². The summed E-state index contributed by atoms with van der Waals surface area (Å²) in [7, 11) is 0. The van der Waals surface area contributed by atoms with Crippen LogP contribution in [0.1, 0.15) is 11.8 Å². The van der Waals surface area contributed by atoms with Crippen molar-refractivity contribution in [1.29, 1.82) is 0 Å². The van der Waals surface area contributed by atoms with Crippen molar-refractivity contribution in [2.75, 3.05) is 6.61 Å². The summed E-state index contributed by atoms with van der Waals surface area (Å²) >= 11 is 5.11. The number of hydrogen-bond acceptors (Lipinski definition) is 3. The van der Waals surface area contributed by atoms with Gasteiger partial charge in [0.2, 0.25) is 0 Å². The van der Waals surface area contributed by atoms with E-state index in [9.17, 15) is 0 Å². The number of ether oxygens (including phenoxy) is 2. The molecule has 1 aromatic carbocycles. The fourth-order valence-corrected chi connectivity index (χ4v) is 2.77. The smallest absolute Gasteiger partial charge is 0.123 e. The quantitative estimate of drug-likeness (QED) is 0.810. The monoisotopic (exact) mass is 312 g/mol. The molecule has 90 valence electrons. The van der Waals surface area contributed by atoms with Crippen LogP contribution in [0.15, 0.2) is 40.2 Å². The van der Waals surface area contributed by atoms with E-state index in [4.69, 9.17) is 9.47 Å². The van der Waals surface area contributed by atoms with E-state index in [-0.39, 0.29) is 0 Å². The first kappa shape index (κ1) is 12.5. The summed E-state index contributed by atoms with van der Waals surface area (Å²) in [6.07, 6.45) is 0. The minimum Gasteiger partial charge on any atom is -0.494 e. The van der Waals surface area contributed by atoms with Crippen molar-refractivity contribution in [3.63, 3.8) is 0 Å². The van der Waals surface area contributed by atoms with Crippen LogP contribution in [0.3, 0.4) is 0 Å². The first-order valence-electron chi connectivity index (χ1n) is 5.36. The lowest BCUT2D eigenvalue weighted by Crippen LogP contribution is -1.95. The molecular formula is C13H13BrO2S. The van der Waals surface area contributed by atoms with Crippen LogP contribution in [-0.2, 0) is 6.61 Å². The molecule has 0 aliphatic heterocycles. The number of thiophene rings is 1. The molecule has 4 heteroatoms. The van der Waals surface area contributed by atoms with E-state index < -0.39 is 0 Å². The van der Waals surface area contributed by atoms with Gasteiger partial charge in [-0.3, -0.25) is 0 Å². The molecule has 0 atom stereocenters. The largest absolute Gasteiger partial charge is 0.494 e. The SMILES string of the molecule is CCOc1cccc(OCc2cc(Br)cs2)c1. The summed E-state index contributed by atoms with van der Waals surface area (Å²) in [5.74, 6) is 1.68. The predicted octanol–water partition coefficient (Wildman–Crippen LogP) is 4.49. The van der Waals surface area contributed by atoms with Crippen LogP contribution in [0, 0.1) is 0 Å². The molecule has 0 spiro atoms. The Kier molecular flexibility index (Phi) is 4.45. The third-order valence-electron chi connectivity index (χ3n) is 2.12. The molecule has 0 aliphatic rings. The van der Waals surface area contributed by atoms with Crippen LogP contribution >= 0.6 is 27.3 Å². The fraction of sp³-hybridized carbons (Fsp3) is 0.231. The van der Waals surface area contributed by atoms with Crippen LogP contribution in [0.4, 0.5) is 0 Å². The predicted molar refractivity (Wildman–Crippen MR) is 74.0 cm³/mol. The Balaban J connectivity index is 1.96. The first-order chi connectivity index (χ1) is 8.28. The molecule has 0 aliphatic carbocycles. The molecular weight excluding hydrogens is 300 g/mol. The molecule has 1 aromatic heterocycles. The lowest BCUT2D eigenvalue weighted by Gasteiger charge is -2.07. The molecule has 0 radical (unpaired) electrons. The maximum Gasteiger partial charge on any atom is 0.123 e. The second-order valence-electron chi connectivity index (χ2n) is 3.43. The highest BCUT2D eigenvalue weighted by Crippen LogP contribution is 2.23. The first-order valence-corrected chi connectivity index (χ1v) is 7.04. The average Bonchev–Trinajstić information content (AvgIpc) is 2.74. The minimum atomic E-state index is 0.589. The molecule has 0 fully saturated rings. The van der Waals surface area contributed by atoms with Crippen molar-refractivity contribution in [3.05, 3.63) is 45.1 Å². The summed E-state index contributed by atoms with van der Waals surface area (Å²) in [4.78, 5) is 1.19. The normalized spacial score (nSPS) is 10.2.